The van der Waals surface area contributed by atoms with Crippen molar-refractivity contribution in [1.29, 1.82) is 0 Å². The van der Waals surface area contributed by atoms with Crippen molar-refractivity contribution in [2.45, 2.75) is 60.0 Å². The maximum atomic E-state index is 13.8. The van der Waals surface area contributed by atoms with E-state index in [0.717, 1.165) is 0 Å². The van der Waals surface area contributed by atoms with Crippen LogP contribution < -0.4 is 0 Å². The van der Waals surface area contributed by atoms with Gasteiger partial charge >= 0.3 is 6.97 Å². The van der Waals surface area contributed by atoms with Crippen LogP contribution in [0.3, 0.4) is 0 Å². The molecule has 0 saturated carbocycles. The largest absolute Gasteiger partial charge is 0.510 e. The van der Waals surface area contributed by atoms with Gasteiger partial charge in [0.15, 0.2) is 0 Å². The van der Waals surface area contributed by atoms with Crippen LogP contribution in [0.1, 0.15) is 48.0 Å². The summed E-state index contributed by atoms with van der Waals surface area (Å²) in [7, 11) is 0. The molecule has 0 aromatic heterocycles. The minimum absolute atomic E-state index is 0.201. The number of nitrogens with zero attached hydrogens (tertiary/aromatic N) is 2. The fourth-order valence-corrected chi connectivity index (χ4v) is 1.74. The van der Waals surface area contributed by atoms with Crippen molar-refractivity contribution in [3.63, 3.8) is 0 Å². The van der Waals surface area contributed by atoms with E-state index in [2.05, 4.69) is 4.90 Å². The van der Waals surface area contributed by atoms with Crippen LogP contribution in [-0.2, 0) is 0 Å². The summed E-state index contributed by atoms with van der Waals surface area (Å²) in [6, 6.07) is -0.401. The summed E-state index contributed by atoms with van der Waals surface area (Å²) in [4.78, 5) is 4.72. The summed E-state index contributed by atoms with van der Waals surface area (Å²) in [5, 5.41) is 0. The Balaban J connectivity index is 4.95. The fraction of sp³-hybridized carbons (Fsp3) is 0.900. The van der Waals surface area contributed by atoms with Crippen LogP contribution in [0, 0.1) is 0 Å². The van der Waals surface area contributed by atoms with Gasteiger partial charge in [-0.1, -0.05) is 34.6 Å². The van der Waals surface area contributed by atoms with Crippen molar-refractivity contribution in [3.8, 4) is 0 Å². The van der Waals surface area contributed by atoms with Gasteiger partial charge in [-0.05, 0) is 31.1 Å². The van der Waals surface area contributed by atoms with E-state index in [9.17, 15) is 8.63 Å². The monoisotopic (exact) mass is 219 g/mol. The molecule has 90 valence electrons. The fourth-order valence-electron chi connectivity index (χ4n) is 1.74. The van der Waals surface area contributed by atoms with Gasteiger partial charge in [0.05, 0.1) is 0 Å². The first kappa shape index (κ1) is 14.6. The van der Waals surface area contributed by atoms with Crippen molar-refractivity contribution in [2.75, 3.05) is 0 Å². The summed E-state index contributed by atoms with van der Waals surface area (Å²) >= 11 is 0. The third-order valence-corrected chi connectivity index (χ3v) is 2.44. The van der Waals surface area contributed by atoms with Crippen LogP contribution in [-0.4, -0.2) is 29.6 Å². The van der Waals surface area contributed by atoms with Gasteiger partial charge in [0.25, 0.3) is 0 Å². The lowest BCUT2D eigenvalue weighted by Gasteiger charge is -2.43. The van der Waals surface area contributed by atoms with E-state index in [1.807, 2.05) is 6.92 Å². The van der Waals surface area contributed by atoms with Crippen LogP contribution in [0.4, 0.5) is 8.63 Å². The smallest absolute Gasteiger partial charge is 0.442 e. The van der Waals surface area contributed by atoms with Gasteiger partial charge in [-0.25, -0.2) is 0 Å². The quantitative estimate of drug-likeness (QED) is 0.511. The Hall–Kier alpha value is -0.445. The van der Waals surface area contributed by atoms with Gasteiger partial charge in [0, 0.05) is 0 Å². The molecule has 0 N–H and O–H groups in total. The zero-order chi connectivity index (χ0) is 12.2. The second-order valence-corrected chi connectivity index (χ2v) is 4.44. The zero-order valence-corrected chi connectivity index (χ0v) is 10.6. The average Bonchev–Trinajstić information content (AvgIpc) is 2.00. The van der Waals surface area contributed by atoms with Gasteiger partial charge in [0.1, 0.15) is 0 Å². The highest BCUT2D eigenvalue weighted by molar-refractivity contribution is 6.62. The molecular formula is C10H22BF2N2-. The minimum Gasteiger partial charge on any atom is -0.442 e. The topological polar surface area (TPSA) is 15.6 Å². The SMILES string of the molecule is CCC(C)=N[B-](F)(F)N(C(C)C)C(C)C. The lowest BCUT2D eigenvalue weighted by molar-refractivity contribution is 0.237. The van der Waals surface area contributed by atoms with Gasteiger partial charge in [0.2, 0.25) is 0 Å². The molecule has 0 heterocycles. The maximum Gasteiger partial charge on any atom is 0.510 e. The van der Waals surface area contributed by atoms with Gasteiger partial charge in [-0.15, -0.1) is 0 Å². The molecule has 0 spiro atoms. The molecule has 0 fully saturated rings. The molecule has 2 nitrogen and oxygen atoms in total. The first-order chi connectivity index (χ1) is 6.72. The van der Waals surface area contributed by atoms with E-state index >= 15 is 0 Å². The van der Waals surface area contributed by atoms with E-state index < -0.39 is 6.97 Å². The molecule has 0 aliphatic carbocycles. The average molecular weight is 219 g/mol. The lowest BCUT2D eigenvalue weighted by Crippen LogP contribution is -2.53. The Morgan fingerprint density at radius 3 is 1.87 bits per heavy atom. The number of rotatable bonds is 5. The Bertz CT molecular complexity index is 219. The van der Waals surface area contributed by atoms with Crippen molar-refractivity contribution in [2.24, 2.45) is 4.90 Å². The molecule has 0 aliphatic rings. The third-order valence-electron chi connectivity index (χ3n) is 2.44. The normalized spacial score (nSPS) is 14.5. The highest BCUT2D eigenvalue weighted by Gasteiger charge is 2.35. The summed E-state index contributed by atoms with van der Waals surface area (Å²) in [5.41, 5.74) is 0.506. The predicted octanol–water partition coefficient (Wildman–Crippen LogP) is 3.35. The molecule has 0 aromatic rings. The Morgan fingerprint density at radius 2 is 1.60 bits per heavy atom. The van der Waals surface area contributed by atoms with Gasteiger partial charge < -0.3 is 18.3 Å². The van der Waals surface area contributed by atoms with E-state index in [-0.39, 0.29) is 12.1 Å². The molecule has 0 aliphatic heterocycles. The summed E-state index contributed by atoms with van der Waals surface area (Å²) in [6.07, 6.45) is 0.571. The molecule has 0 bridgehead atoms. The Kier molecular flexibility index (Phi) is 5.42. The van der Waals surface area contributed by atoms with Gasteiger partial charge in [-0.3, -0.25) is 0 Å². The van der Waals surface area contributed by atoms with E-state index in [4.69, 9.17) is 0 Å². The highest BCUT2D eigenvalue weighted by Crippen LogP contribution is 2.22. The zero-order valence-electron chi connectivity index (χ0n) is 10.6. The first-order valence-corrected chi connectivity index (χ1v) is 5.56. The molecule has 0 atom stereocenters. The number of hydrogen-bond acceptors (Lipinski definition) is 2. The van der Waals surface area contributed by atoms with Gasteiger partial charge in [-0.2, -0.15) is 0 Å². The third kappa shape index (κ3) is 4.28. The van der Waals surface area contributed by atoms with Crippen molar-refractivity contribution in [3.05, 3.63) is 0 Å². The molecule has 0 saturated heterocycles. The predicted molar refractivity (Wildman–Crippen MR) is 63.5 cm³/mol. The maximum absolute atomic E-state index is 13.8. The summed E-state index contributed by atoms with van der Waals surface area (Å²) in [6.45, 7) is 6.78. The molecule has 15 heavy (non-hydrogen) atoms. The molecule has 0 radical (unpaired) electrons. The molecular weight excluding hydrogens is 197 g/mol. The van der Waals surface area contributed by atoms with Crippen molar-refractivity contribution < 1.29 is 8.63 Å². The second kappa shape index (κ2) is 5.59. The Labute approximate surface area is 91.8 Å². The number of hydrogen-bond donors (Lipinski definition) is 0. The van der Waals surface area contributed by atoms with E-state index in [1.54, 1.807) is 34.6 Å². The molecule has 0 unspecified atom stereocenters. The van der Waals surface area contributed by atoms with Crippen LogP contribution in [0.25, 0.3) is 0 Å². The van der Waals surface area contributed by atoms with Crippen LogP contribution >= 0.6 is 0 Å². The second-order valence-electron chi connectivity index (χ2n) is 4.44. The molecule has 5 heteroatoms. The standard InChI is InChI=1S/C10H22BF2N2/c1-7-10(6)14-11(12,13)15(8(2)3)9(4)5/h8-9H,7H2,1-6H3/q-1. The number of halogens is 2. The minimum atomic E-state index is -3.78. The van der Waals surface area contributed by atoms with Crippen LogP contribution in [0.15, 0.2) is 4.90 Å². The lowest BCUT2D eigenvalue weighted by atomic mass is 9.90. The van der Waals surface area contributed by atoms with E-state index in [0.29, 0.717) is 12.1 Å². The molecule has 0 rings (SSSR count). The van der Waals surface area contributed by atoms with Crippen LogP contribution in [0.2, 0.25) is 0 Å². The summed E-state index contributed by atoms with van der Waals surface area (Å²) in [5.74, 6) is 0. The first-order valence-electron chi connectivity index (χ1n) is 5.56. The van der Waals surface area contributed by atoms with Crippen molar-refractivity contribution >= 4 is 12.7 Å². The summed E-state index contributed by atoms with van der Waals surface area (Å²) < 4.78 is 27.7. The van der Waals surface area contributed by atoms with Crippen LogP contribution in [0.5, 0.6) is 0 Å². The van der Waals surface area contributed by atoms with Crippen molar-refractivity contribution in [1.82, 2.24) is 4.81 Å². The molecule has 0 amide bonds. The molecule has 0 aromatic carbocycles. The Morgan fingerprint density at radius 1 is 1.20 bits per heavy atom. The highest BCUT2D eigenvalue weighted by atomic mass is 19.2. The van der Waals surface area contributed by atoms with E-state index in [1.165, 1.54) is 4.81 Å².